The highest BCUT2D eigenvalue weighted by Crippen LogP contribution is 2.21. The Bertz CT molecular complexity index is 463. The van der Waals surface area contributed by atoms with Crippen molar-refractivity contribution in [1.29, 1.82) is 0 Å². The second-order valence-electron chi connectivity index (χ2n) is 4.84. The van der Waals surface area contributed by atoms with Crippen molar-refractivity contribution in [2.75, 3.05) is 25.0 Å². The molecule has 104 valence electrons. The molecule has 0 aromatic carbocycles. The topological polar surface area (TPSA) is 71.3 Å². The Labute approximate surface area is 116 Å². The van der Waals surface area contributed by atoms with E-state index in [-0.39, 0.29) is 16.9 Å². The van der Waals surface area contributed by atoms with Crippen LogP contribution >= 0.6 is 11.6 Å². The Hall–Kier alpha value is -1.40. The van der Waals surface area contributed by atoms with Gasteiger partial charge in [-0.15, -0.1) is 0 Å². The summed E-state index contributed by atoms with van der Waals surface area (Å²) in [7, 11) is 0. The molecule has 0 spiro atoms. The van der Waals surface area contributed by atoms with Crippen LogP contribution in [0.5, 0.6) is 0 Å². The highest BCUT2D eigenvalue weighted by atomic mass is 35.5. The van der Waals surface area contributed by atoms with Crippen LogP contribution in [0.4, 0.5) is 11.5 Å². The predicted molar refractivity (Wildman–Crippen MR) is 74.7 cm³/mol. The van der Waals surface area contributed by atoms with E-state index in [0.717, 1.165) is 19.6 Å². The van der Waals surface area contributed by atoms with E-state index >= 15 is 0 Å². The molecule has 0 radical (unpaired) electrons. The number of pyridine rings is 1. The molecule has 1 aliphatic rings. The van der Waals surface area contributed by atoms with E-state index in [2.05, 4.69) is 15.2 Å². The highest BCUT2D eigenvalue weighted by molar-refractivity contribution is 6.29. The van der Waals surface area contributed by atoms with Crippen molar-refractivity contribution in [3.63, 3.8) is 0 Å². The van der Waals surface area contributed by atoms with Crippen LogP contribution in [0.25, 0.3) is 0 Å². The van der Waals surface area contributed by atoms with Gasteiger partial charge in [0.1, 0.15) is 11.0 Å². The minimum Gasteiger partial charge on any atom is -0.366 e. The van der Waals surface area contributed by atoms with E-state index in [9.17, 15) is 10.1 Å². The lowest BCUT2D eigenvalue weighted by Crippen LogP contribution is -2.33. The number of nitrogens with zero attached hydrogens (tertiary/aromatic N) is 3. The molecule has 0 saturated carbocycles. The quantitative estimate of drug-likeness (QED) is 0.511. The maximum atomic E-state index is 10.8. The molecular formula is C12H17ClN4O2. The molecule has 0 aliphatic carbocycles. The molecule has 7 heteroatoms. The minimum atomic E-state index is -0.468. The van der Waals surface area contributed by atoms with Crippen LogP contribution in [-0.2, 0) is 0 Å². The van der Waals surface area contributed by atoms with E-state index in [0.29, 0.717) is 5.82 Å². The zero-order valence-electron chi connectivity index (χ0n) is 10.8. The summed E-state index contributed by atoms with van der Waals surface area (Å²) in [6.45, 7) is 5.18. The van der Waals surface area contributed by atoms with Crippen LogP contribution < -0.4 is 5.32 Å². The van der Waals surface area contributed by atoms with Crippen LogP contribution in [-0.4, -0.2) is 40.5 Å². The molecule has 6 nitrogen and oxygen atoms in total. The van der Waals surface area contributed by atoms with Crippen LogP contribution in [0.2, 0.25) is 5.15 Å². The average molecular weight is 285 g/mol. The third-order valence-electron chi connectivity index (χ3n) is 3.11. The minimum absolute atomic E-state index is 0.0455. The van der Waals surface area contributed by atoms with Gasteiger partial charge in [0.15, 0.2) is 0 Å². The van der Waals surface area contributed by atoms with Crippen molar-refractivity contribution >= 4 is 23.1 Å². The summed E-state index contributed by atoms with van der Waals surface area (Å²) >= 11 is 5.78. The molecule has 1 saturated heterocycles. The summed E-state index contributed by atoms with van der Waals surface area (Å²) in [5, 5.41) is 14.0. The van der Waals surface area contributed by atoms with Crippen LogP contribution in [0.1, 0.15) is 19.8 Å². The third-order valence-corrected chi connectivity index (χ3v) is 3.31. The van der Waals surface area contributed by atoms with Gasteiger partial charge in [-0.1, -0.05) is 11.6 Å². The predicted octanol–water partition coefficient (Wildman–Crippen LogP) is 2.54. The first kappa shape index (κ1) is 14.0. The fraction of sp³-hybridized carbons (Fsp3) is 0.583. The zero-order valence-corrected chi connectivity index (χ0v) is 11.6. The number of anilines is 1. The third kappa shape index (κ3) is 4.04. The second-order valence-corrected chi connectivity index (χ2v) is 5.23. The van der Waals surface area contributed by atoms with E-state index < -0.39 is 4.92 Å². The summed E-state index contributed by atoms with van der Waals surface area (Å²) in [5.41, 5.74) is -0.0455. The monoisotopic (exact) mass is 284 g/mol. The molecule has 1 N–H and O–H groups in total. The molecule has 1 aromatic rings. The normalized spacial score (nSPS) is 17.4. The van der Waals surface area contributed by atoms with E-state index in [1.807, 2.05) is 6.92 Å². The number of hydrogen-bond donors (Lipinski definition) is 1. The molecule has 2 rings (SSSR count). The smallest absolute Gasteiger partial charge is 0.276 e. The summed E-state index contributed by atoms with van der Waals surface area (Å²) in [6.07, 6.45) is 2.49. The maximum Gasteiger partial charge on any atom is 0.276 e. The van der Waals surface area contributed by atoms with E-state index in [1.165, 1.54) is 25.0 Å². The zero-order chi connectivity index (χ0) is 13.8. The molecule has 1 unspecified atom stereocenters. The lowest BCUT2D eigenvalue weighted by atomic mass is 10.3. The SMILES string of the molecule is CC(CN1CCCC1)Nc1cc([N+](=O)[O-])cc(Cl)n1. The standard InChI is InChI=1S/C12H17ClN4O2/c1-9(8-16-4-2-3-5-16)14-12-7-10(17(18)19)6-11(13)15-12/h6-7,9H,2-5,8H2,1H3,(H,14,15). The fourth-order valence-corrected chi connectivity index (χ4v) is 2.52. The van der Waals surface area contributed by atoms with Gasteiger partial charge in [0.25, 0.3) is 5.69 Å². The van der Waals surface area contributed by atoms with Gasteiger partial charge in [0.05, 0.1) is 17.1 Å². The van der Waals surface area contributed by atoms with Crippen molar-refractivity contribution in [1.82, 2.24) is 9.88 Å². The van der Waals surface area contributed by atoms with Gasteiger partial charge in [0.2, 0.25) is 0 Å². The second kappa shape index (κ2) is 6.16. The van der Waals surface area contributed by atoms with Crippen molar-refractivity contribution in [2.24, 2.45) is 0 Å². The lowest BCUT2D eigenvalue weighted by molar-refractivity contribution is -0.384. The molecular weight excluding hydrogens is 268 g/mol. The van der Waals surface area contributed by atoms with Crippen LogP contribution in [0.15, 0.2) is 12.1 Å². The van der Waals surface area contributed by atoms with Crippen molar-refractivity contribution in [3.8, 4) is 0 Å². The maximum absolute atomic E-state index is 10.8. The summed E-state index contributed by atoms with van der Waals surface area (Å²) in [4.78, 5) is 16.7. The Balaban J connectivity index is 1.99. The van der Waals surface area contributed by atoms with Gasteiger partial charge < -0.3 is 10.2 Å². The molecule has 1 atom stereocenters. The van der Waals surface area contributed by atoms with Crippen LogP contribution in [0.3, 0.4) is 0 Å². The number of hydrogen-bond acceptors (Lipinski definition) is 5. The van der Waals surface area contributed by atoms with E-state index in [4.69, 9.17) is 11.6 Å². The fourth-order valence-electron chi connectivity index (χ4n) is 2.31. The van der Waals surface area contributed by atoms with Crippen molar-refractivity contribution in [3.05, 3.63) is 27.4 Å². The first-order valence-corrected chi connectivity index (χ1v) is 6.73. The Morgan fingerprint density at radius 3 is 2.84 bits per heavy atom. The first-order chi connectivity index (χ1) is 9.04. The Morgan fingerprint density at radius 2 is 2.21 bits per heavy atom. The molecule has 1 aliphatic heterocycles. The van der Waals surface area contributed by atoms with Gasteiger partial charge in [-0.3, -0.25) is 10.1 Å². The summed E-state index contributed by atoms with van der Waals surface area (Å²) in [5.74, 6) is 0.450. The van der Waals surface area contributed by atoms with E-state index in [1.54, 1.807) is 0 Å². The molecule has 0 bridgehead atoms. The molecule has 0 amide bonds. The lowest BCUT2D eigenvalue weighted by Gasteiger charge is -2.21. The molecule has 2 heterocycles. The van der Waals surface area contributed by atoms with Gasteiger partial charge in [-0.2, -0.15) is 0 Å². The largest absolute Gasteiger partial charge is 0.366 e. The number of halogens is 1. The van der Waals surface area contributed by atoms with Crippen LogP contribution in [0, 0.1) is 10.1 Å². The number of nitrogens with one attached hydrogen (secondary N) is 1. The molecule has 19 heavy (non-hydrogen) atoms. The van der Waals surface area contributed by atoms with Crippen molar-refractivity contribution in [2.45, 2.75) is 25.8 Å². The summed E-state index contributed by atoms with van der Waals surface area (Å²) < 4.78 is 0. The Kier molecular flexibility index (Phi) is 4.55. The van der Waals surface area contributed by atoms with Gasteiger partial charge >= 0.3 is 0 Å². The number of likely N-dealkylation sites (tertiary alicyclic amines) is 1. The number of rotatable bonds is 5. The average Bonchev–Trinajstić information content (AvgIpc) is 2.80. The Morgan fingerprint density at radius 1 is 1.53 bits per heavy atom. The number of nitro groups is 1. The highest BCUT2D eigenvalue weighted by Gasteiger charge is 2.16. The summed E-state index contributed by atoms with van der Waals surface area (Å²) in [6, 6.07) is 2.83. The van der Waals surface area contributed by atoms with Gasteiger partial charge in [-0.05, 0) is 32.9 Å². The van der Waals surface area contributed by atoms with Crippen molar-refractivity contribution < 1.29 is 4.92 Å². The van der Waals surface area contributed by atoms with Gasteiger partial charge in [0, 0.05) is 12.6 Å². The number of aromatic nitrogens is 1. The molecule has 1 fully saturated rings. The molecule has 1 aromatic heterocycles. The van der Waals surface area contributed by atoms with Gasteiger partial charge in [-0.25, -0.2) is 4.98 Å². The first-order valence-electron chi connectivity index (χ1n) is 6.35.